The maximum absolute atomic E-state index is 12.4. The smallest absolute Gasteiger partial charge is 0.410 e. The van der Waals surface area contributed by atoms with E-state index in [0.29, 0.717) is 5.92 Å². The number of carbonyl (C=O) groups excluding carboxylic acids is 1. The topological polar surface area (TPSA) is 54.6 Å². The zero-order valence-corrected chi connectivity index (χ0v) is 24.2. The molecule has 5 nitrogen and oxygen atoms in total. The Kier molecular flexibility index (Phi) is 7.76. The van der Waals surface area contributed by atoms with E-state index in [-0.39, 0.29) is 11.1 Å². The van der Waals surface area contributed by atoms with Crippen LogP contribution in [0.5, 0.6) is 0 Å². The summed E-state index contributed by atoms with van der Waals surface area (Å²) in [7, 11) is -1.76. The van der Waals surface area contributed by atoms with Gasteiger partial charge in [-0.3, -0.25) is 0 Å². The van der Waals surface area contributed by atoms with Gasteiger partial charge in [-0.05, 0) is 103 Å². The van der Waals surface area contributed by atoms with Crippen LogP contribution in [0.3, 0.4) is 0 Å². The molecule has 0 aliphatic carbocycles. The highest BCUT2D eigenvalue weighted by molar-refractivity contribution is 9.10. The number of halogens is 1. The van der Waals surface area contributed by atoms with Gasteiger partial charge >= 0.3 is 6.09 Å². The Morgan fingerprint density at radius 1 is 1.15 bits per heavy atom. The SMILES string of the molecule is CC(C)(C)OC(=O)N1CCC(c2ccc3[nH]c(Br)c(CCO[Si](C)(C)C(C)(C)C)c3c2)CC1. The number of nitrogens with zero attached hydrogens (tertiary/aromatic N) is 1. The number of aromatic nitrogens is 1. The maximum Gasteiger partial charge on any atom is 0.410 e. The van der Waals surface area contributed by atoms with Gasteiger partial charge in [-0.2, -0.15) is 0 Å². The van der Waals surface area contributed by atoms with E-state index in [0.717, 1.165) is 49.1 Å². The van der Waals surface area contributed by atoms with Gasteiger partial charge in [-0.1, -0.05) is 26.8 Å². The highest BCUT2D eigenvalue weighted by Gasteiger charge is 2.37. The Morgan fingerprint density at radius 2 is 1.79 bits per heavy atom. The summed E-state index contributed by atoms with van der Waals surface area (Å²) in [5, 5.41) is 1.49. The van der Waals surface area contributed by atoms with E-state index in [4.69, 9.17) is 9.16 Å². The first-order valence-electron chi connectivity index (χ1n) is 12.1. The Bertz CT molecular complexity index is 980. The lowest BCUT2D eigenvalue weighted by Crippen LogP contribution is -2.41. The summed E-state index contributed by atoms with van der Waals surface area (Å²) >= 11 is 3.74. The average molecular weight is 538 g/mol. The van der Waals surface area contributed by atoms with Crippen LogP contribution in [0, 0.1) is 0 Å². The molecule has 1 aliphatic rings. The van der Waals surface area contributed by atoms with Gasteiger partial charge in [0.2, 0.25) is 0 Å². The first-order valence-corrected chi connectivity index (χ1v) is 15.8. The summed E-state index contributed by atoms with van der Waals surface area (Å²) in [6.07, 6.45) is 2.60. The predicted molar refractivity (Wildman–Crippen MR) is 143 cm³/mol. The van der Waals surface area contributed by atoms with Gasteiger partial charge in [0.15, 0.2) is 8.32 Å². The molecule has 2 heterocycles. The molecule has 1 saturated heterocycles. The lowest BCUT2D eigenvalue weighted by molar-refractivity contribution is 0.0205. The van der Waals surface area contributed by atoms with Crippen LogP contribution >= 0.6 is 15.9 Å². The molecule has 0 radical (unpaired) electrons. The lowest BCUT2D eigenvalue weighted by Gasteiger charge is -2.36. The molecular formula is C26H41BrN2O3Si. The molecule has 0 saturated carbocycles. The molecule has 3 rings (SSSR count). The molecule has 33 heavy (non-hydrogen) atoms. The minimum Gasteiger partial charge on any atom is -0.444 e. The van der Waals surface area contributed by atoms with E-state index in [2.05, 4.69) is 73.0 Å². The molecule has 1 aromatic carbocycles. The summed E-state index contributed by atoms with van der Waals surface area (Å²) < 4.78 is 13.0. The van der Waals surface area contributed by atoms with Crippen molar-refractivity contribution in [3.63, 3.8) is 0 Å². The number of nitrogens with one attached hydrogen (secondary N) is 1. The Labute approximate surface area is 208 Å². The predicted octanol–water partition coefficient (Wildman–Crippen LogP) is 7.61. The number of carbonyl (C=O) groups is 1. The second-order valence-corrected chi connectivity index (χ2v) is 17.4. The molecule has 7 heteroatoms. The molecule has 1 aliphatic heterocycles. The molecule has 0 unspecified atom stereocenters. The molecular weight excluding hydrogens is 496 g/mol. The molecule has 1 aromatic heterocycles. The van der Waals surface area contributed by atoms with Gasteiger partial charge in [0.1, 0.15) is 5.60 Å². The van der Waals surface area contributed by atoms with Crippen molar-refractivity contribution in [1.82, 2.24) is 9.88 Å². The van der Waals surface area contributed by atoms with E-state index >= 15 is 0 Å². The molecule has 1 fully saturated rings. The number of hydrogen-bond donors (Lipinski definition) is 1. The third-order valence-electron chi connectivity index (χ3n) is 7.12. The van der Waals surface area contributed by atoms with Gasteiger partial charge in [-0.25, -0.2) is 4.79 Å². The fraction of sp³-hybridized carbons (Fsp3) is 0.654. The second-order valence-electron chi connectivity index (χ2n) is 11.8. The second kappa shape index (κ2) is 9.74. The zero-order valence-electron chi connectivity index (χ0n) is 21.6. The molecule has 184 valence electrons. The molecule has 1 N–H and O–H groups in total. The third kappa shape index (κ3) is 6.43. The van der Waals surface area contributed by atoms with Gasteiger partial charge in [-0.15, -0.1) is 0 Å². The number of fused-ring (bicyclic) bond motifs is 1. The quantitative estimate of drug-likeness (QED) is 0.400. The largest absolute Gasteiger partial charge is 0.444 e. The first kappa shape index (κ1) is 26.3. The van der Waals surface area contributed by atoms with Crippen LogP contribution in [0.25, 0.3) is 10.9 Å². The number of benzene rings is 1. The van der Waals surface area contributed by atoms with Crippen molar-refractivity contribution >= 4 is 41.2 Å². The molecule has 0 atom stereocenters. The summed E-state index contributed by atoms with van der Waals surface area (Å²) in [5.41, 5.74) is 3.34. The normalized spacial score (nSPS) is 16.5. The van der Waals surface area contributed by atoms with Crippen LogP contribution in [0.4, 0.5) is 4.79 Å². The number of amides is 1. The average Bonchev–Trinajstić information content (AvgIpc) is 3.00. The van der Waals surface area contributed by atoms with Crippen molar-refractivity contribution in [3.05, 3.63) is 33.9 Å². The monoisotopic (exact) mass is 536 g/mol. The van der Waals surface area contributed by atoms with Gasteiger partial charge in [0, 0.05) is 30.6 Å². The third-order valence-corrected chi connectivity index (χ3v) is 12.3. The molecule has 0 bridgehead atoms. The van der Waals surface area contributed by atoms with Gasteiger partial charge in [0.05, 0.1) is 4.60 Å². The van der Waals surface area contributed by atoms with E-state index < -0.39 is 13.9 Å². The van der Waals surface area contributed by atoms with Gasteiger partial charge < -0.3 is 19.0 Å². The minimum absolute atomic E-state index is 0.199. The number of H-pyrrole nitrogens is 1. The first-order chi connectivity index (χ1) is 15.2. The van der Waals surface area contributed by atoms with Crippen LogP contribution in [-0.4, -0.2) is 49.6 Å². The summed E-state index contributed by atoms with van der Waals surface area (Å²) in [6, 6.07) is 6.76. The number of piperidine rings is 1. The van der Waals surface area contributed by atoms with E-state index in [1.807, 2.05) is 25.7 Å². The molecule has 2 aromatic rings. The lowest BCUT2D eigenvalue weighted by atomic mass is 9.88. The Hall–Kier alpha value is -1.31. The Balaban J connectivity index is 1.68. The molecule has 0 spiro atoms. The Morgan fingerprint density at radius 3 is 2.36 bits per heavy atom. The van der Waals surface area contributed by atoms with Crippen molar-refractivity contribution in [2.24, 2.45) is 0 Å². The number of hydrogen-bond acceptors (Lipinski definition) is 3. The minimum atomic E-state index is -1.76. The van der Waals surface area contributed by atoms with E-state index in [1.54, 1.807) is 0 Å². The van der Waals surface area contributed by atoms with E-state index in [1.165, 1.54) is 16.5 Å². The standard InChI is InChI=1S/C26H41BrN2O3Si/c1-25(2,3)32-24(30)29-14-11-18(12-15-29)19-9-10-22-21(17-19)20(23(27)28-22)13-16-31-33(7,8)26(4,5)6/h9-10,17-18,28H,11-16H2,1-8H3. The van der Waals surface area contributed by atoms with Crippen LogP contribution in [0.2, 0.25) is 18.1 Å². The number of likely N-dealkylation sites (tertiary alicyclic amines) is 1. The zero-order chi connectivity index (χ0) is 24.6. The highest BCUT2D eigenvalue weighted by Crippen LogP contribution is 2.37. The number of rotatable bonds is 5. The molecule has 1 amide bonds. The van der Waals surface area contributed by atoms with Gasteiger partial charge in [0.25, 0.3) is 0 Å². The van der Waals surface area contributed by atoms with Crippen molar-refractivity contribution < 1.29 is 14.0 Å². The summed E-state index contributed by atoms with van der Waals surface area (Å²) in [4.78, 5) is 17.7. The maximum atomic E-state index is 12.4. The fourth-order valence-electron chi connectivity index (χ4n) is 4.08. The fourth-order valence-corrected chi connectivity index (χ4v) is 5.75. The van der Waals surface area contributed by atoms with Crippen molar-refractivity contribution in [2.45, 2.75) is 90.5 Å². The summed E-state index contributed by atoms with van der Waals surface area (Å²) in [6.45, 7) is 19.4. The van der Waals surface area contributed by atoms with Crippen LogP contribution in [-0.2, 0) is 15.6 Å². The van der Waals surface area contributed by atoms with Crippen LogP contribution in [0.15, 0.2) is 22.8 Å². The van der Waals surface area contributed by atoms with Crippen LogP contribution < -0.4 is 0 Å². The van der Waals surface area contributed by atoms with Crippen LogP contribution in [0.1, 0.15) is 71.4 Å². The number of ether oxygens (including phenoxy) is 1. The van der Waals surface area contributed by atoms with Crippen molar-refractivity contribution in [1.29, 1.82) is 0 Å². The van der Waals surface area contributed by atoms with Crippen molar-refractivity contribution in [2.75, 3.05) is 19.7 Å². The highest BCUT2D eigenvalue weighted by atomic mass is 79.9. The summed E-state index contributed by atoms with van der Waals surface area (Å²) in [5.74, 6) is 0.457. The van der Waals surface area contributed by atoms with Crippen molar-refractivity contribution in [3.8, 4) is 0 Å². The van der Waals surface area contributed by atoms with E-state index in [9.17, 15) is 4.79 Å². The number of aromatic amines is 1.